The van der Waals surface area contributed by atoms with E-state index in [1.807, 2.05) is 0 Å². The zero-order valence-electron chi connectivity index (χ0n) is 13.8. The lowest BCUT2D eigenvalue weighted by atomic mass is 10.0. The summed E-state index contributed by atoms with van der Waals surface area (Å²) >= 11 is 0. The second-order valence-electron chi connectivity index (χ2n) is 7.05. The molecule has 0 aromatic heterocycles. The van der Waals surface area contributed by atoms with Crippen molar-refractivity contribution in [3.05, 3.63) is 29.3 Å². The van der Waals surface area contributed by atoms with E-state index in [1.165, 1.54) is 11.1 Å². The van der Waals surface area contributed by atoms with Crippen molar-refractivity contribution < 1.29 is 9.53 Å². The topological polar surface area (TPSA) is 32.8 Å². The van der Waals surface area contributed by atoms with Gasteiger partial charge in [0.15, 0.2) is 0 Å². The average Bonchev–Trinajstić information content (AvgIpc) is 3.21. The molecule has 4 heteroatoms. The first kappa shape index (κ1) is 15.0. The first-order chi connectivity index (χ1) is 11.3. The van der Waals surface area contributed by atoms with Crippen LogP contribution in [0.15, 0.2) is 18.2 Å². The highest BCUT2D eigenvalue weighted by atomic mass is 16.5. The monoisotopic (exact) mass is 314 g/mol. The third-order valence-corrected chi connectivity index (χ3v) is 5.58. The molecule has 4 rings (SSSR count). The molecule has 3 aliphatic heterocycles. The largest absolute Gasteiger partial charge is 0.493 e. The minimum absolute atomic E-state index is 0.379. The maximum Gasteiger partial charge on any atom is 0.222 e. The summed E-state index contributed by atoms with van der Waals surface area (Å²) < 4.78 is 5.57. The average molecular weight is 314 g/mol. The Hall–Kier alpha value is -1.55. The Balaban J connectivity index is 1.26. The van der Waals surface area contributed by atoms with E-state index in [2.05, 4.69) is 28.0 Å². The maximum absolute atomic E-state index is 11.9. The molecule has 3 heterocycles. The van der Waals surface area contributed by atoms with Crippen LogP contribution in [-0.4, -0.2) is 54.5 Å². The lowest BCUT2D eigenvalue weighted by Crippen LogP contribution is -2.45. The van der Waals surface area contributed by atoms with Crippen LogP contribution in [0.5, 0.6) is 5.75 Å². The Morgan fingerprint density at radius 2 is 2.00 bits per heavy atom. The zero-order valence-corrected chi connectivity index (χ0v) is 13.8. The van der Waals surface area contributed by atoms with E-state index in [1.54, 1.807) is 0 Å². The molecule has 3 aliphatic rings. The summed E-state index contributed by atoms with van der Waals surface area (Å²) in [5, 5.41) is 0. The molecule has 0 saturated carbocycles. The second kappa shape index (κ2) is 6.52. The highest BCUT2D eigenvalue weighted by Gasteiger charge is 2.30. The van der Waals surface area contributed by atoms with Crippen LogP contribution in [0.4, 0.5) is 0 Å². The van der Waals surface area contributed by atoms with Gasteiger partial charge in [-0.15, -0.1) is 0 Å². The third kappa shape index (κ3) is 3.23. The number of benzene rings is 1. The van der Waals surface area contributed by atoms with Crippen LogP contribution in [0, 0.1) is 0 Å². The maximum atomic E-state index is 11.9. The van der Waals surface area contributed by atoms with E-state index in [9.17, 15) is 4.79 Å². The second-order valence-corrected chi connectivity index (χ2v) is 7.05. The van der Waals surface area contributed by atoms with Crippen LogP contribution in [0.2, 0.25) is 0 Å². The normalized spacial score (nSPS) is 22.4. The molecule has 0 spiro atoms. The molecular weight excluding hydrogens is 288 g/mol. The van der Waals surface area contributed by atoms with Gasteiger partial charge in [0.05, 0.1) is 6.61 Å². The van der Waals surface area contributed by atoms with Gasteiger partial charge < -0.3 is 14.5 Å². The highest BCUT2D eigenvalue weighted by Crippen LogP contribution is 2.26. The van der Waals surface area contributed by atoms with Crippen LogP contribution < -0.4 is 4.74 Å². The number of rotatable bonds is 4. The van der Waals surface area contributed by atoms with Gasteiger partial charge in [0.2, 0.25) is 5.91 Å². The zero-order chi connectivity index (χ0) is 15.6. The number of carbonyl (C=O) groups is 1. The predicted molar refractivity (Wildman–Crippen MR) is 89.8 cm³/mol. The lowest BCUT2D eigenvalue weighted by molar-refractivity contribution is -0.130. The van der Waals surface area contributed by atoms with Crippen LogP contribution >= 0.6 is 0 Å². The van der Waals surface area contributed by atoms with Gasteiger partial charge in [0, 0.05) is 45.1 Å². The summed E-state index contributed by atoms with van der Waals surface area (Å²) in [4.78, 5) is 16.6. The smallest absolute Gasteiger partial charge is 0.222 e. The number of likely N-dealkylation sites (tertiary alicyclic amines) is 2. The summed E-state index contributed by atoms with van der Waals surface area (Å²) in [5.74, 6) is 1.45. The van der Waals surface area contributed by atoms with Crippen LogP contribution in [0.25, 0.3) is 0 Å². The van der Waals surface area contributed by atoms with E-state index in [0.29, 0.717) is 11.9 Å². The van der Waals surface area contributed by atoms with Crippen molar-refractivity contribution in [1.29, 1.82) is 0 Å². The molecule has 1 amide bonds. The summed E-state index contributed by atoms with van der Waals surface area (Å²) in [5.41, 5.74) is 2.79. The number of fused-ring (bicyclic) bond motifs is 1. The van der Waals surface area contributed by atoms with E-state index in [-0.39, 0.29) is 0 Å². The van der Waals surface area contributed by atoms with Gasteiger partial charge in [0.1, 0.15) is 5.75 Å². The fourth-order valence-electron chi connectivity index (χ4n) is 4.19. The van der Waals surface area contributed by atoms with Crippen molar-refractivity contribution in [2.45, 2.75) is 44.6 Å². The minimum atomic E-state index is 0.379. The number of hydrogen-bond donors (Lipinski definition) is 0. The Labute approximate surface area is 138 Å². The van der Waals surface area contributed by atoms with Crippen LogP contribution in [0.1, 0.15) is 36.8 Å². The number of ether oxygens (including phenoxy) is 1. The van der Waals surface area contributed by atoms with Crippen molar-refractivity contribution >= 4 is 5.91 Å². The number of hydrogen-bond acceptors (Lipinski definition) is 3. The molecule has 2 saturated heterocycles. The molecule has 23 heavy (non-hydrogen) atoms. The molecule has 0 radical (unpaired) electrons. The van der Waals surface area contributed by atoms with Gasteiger partial charge in [-0.25, -0.2) is 0 Å². The minimum Gasteiger partial charge on any atom is -0.493 e. The van der Waals surface area contributed by atoms with E-state index in [0.717, 1.165) is 77.1 Å². The lowest BCUT2D eigenvalue weighted by Gasteiger charge is -2.36. The van der Waals surface area contributed by atoms with E-state index in [4.69, 9.17) is 4.74 Å². The third-order valence-electron chi connectivity index (χ3n) is 5.58. The molecule has 0 atom stereocenters. The number of carbonyl (C=O) groups excluding carboxylic acids is 1. The molecule has 2 fully saturated rings. The Kier molecular flexibility index (Phi) is 4.25. The molecule has 0 bridgehead atoms. The fourth-order valence-corrected chi connectivity index (χ4v) is 4.19. The van der Waals surface area contributed by atoms with Gasteiger partial charge in [-0.05, 0) is 42.9 Å². The molecule has 1 aromatic rings. The van der Waals surface area contributed by atoms with Gasteiger partial charge >= 0.3 is 0 Å². The predicted octanol–water partition coefficient (Wildman–Crippen LogP) is 2.25. The fraction of sp³-hybridized carbons (Fsp3) is 0.632. The molecule has 124 valence electrons. The van der Waals surface area contributed by atoms with Crippen LogP contribution in [-0.2, 0) is 17.6 Å². The number of amides is 1. The van der Waals surface area contributed by atoms with Gasteiger partial charge in [-0.2, -0.15) is 0 Å². The molecule has 0 aliphatic carbocycles. The van der Waals surface area contributed by atoms with Crippen molar-refractivity contribution in [3.8, 4) is 5.75 Å². The molecule has 0 N–H and O–H groups in total. The number of piperidine rings is 1. The summed E-state index contributed by atoms with van der Waals surface area (Å²) in [6.45, 7) is 5.20. The quantitative estimate of drug-likeness (QED) is 0.854. The molecule has 1 aromatic carbocycles. The number of nitrogens with zero attached hydrogens (tertiary/aromatic N) is 2. The standard InChI is InChI=1S/C19H26N2O2/c22-19-2-1-9-21(19)17-6-11-20(12-7-17)10-5-15-3-4-18-16(14-15)8-13-23-18/h3-4,14,17H,1-2,5-13H2. The highest BCUT2D eigenvalue weighted by molar-refractivity contribution is 5.78. The Morgan fingerprint density at radius 3 is 2.78 bits per heavy atom. The van der Waals surface area contributed by atoms with Crippen LogP contribution in [0.3, 0.4) is 0 Å². The first-order valence-corrected chi connectivity index (χ1v) is 9.06. The van der Waals surface area contributed by atoms with Gasteiger partial charge in [-0.3, -0.25) is 4.79 Å². The van der Waals surface area contributed by atoms with E-state index < -0.39 is 0 Å². The van der Waals surface area contributed by atoms with Crippen molar-refractivity contribution in [3.63, 3.8) is 0 Å². The Morgan fingerprint density at radius 1 is 1.13 bits per heavy atom. The summed E-state index contributed by atoms with van der Waals surface area (Å²) in [6.07, 6.45) is 6.27. The molecule has 0 unspecified atom stereocenters. The Bertz CT molecular complexity index is 579. The van der Waals surface area contributed by atoms with Crippen molar-refractivity contribution in [2.24, 2.45) is 0 Å². The SMILES string of the molecule is O=C1CCCN1C1CCN(CCc2ccc3c(c2)CCO3)CC1. The van der Waals surface area contributed by atoms with E-state index >= 15 is 0 Å². The first-order valence-electron chi connectivity index (χ1n) is 9.06. The summed E-state index contributed by atoms with van der Waals surface area (Å²) in [6, 6.07) is 7.15. The van der Waals surface area contributed by atoms with Gasteiger partial charge in [0.25, 0.3) is 0 Å². The summed E-state index contributed by atoms with van der Waals surface area (Å²) in [7, 11) is 0. The molecular formula is C19H26N2O2. The molecule has 4 nitrogen and oxygen atoms in total. The van der Waals surface area contributed by atoms with Crippen molar-refractivity contribution in [2.75, 3.05) is 32.8 Å². The van der Waals surface area contributed by atoms with Gasteiger partial charge in [-0.1, -0.05) is 12.1 Å². The van der Waals surface area contributed by atoms with Crippen molar-refractivity contribution in [1.82, 2.24) is 9.80 Å².